The van der Waals surface area contributed by atoms with Crippen molar-refractivity contribution >= 4 is 34.9 Å². The molecule has 3 rings (SSSR count). The third-order valence-corrected chi connectivity index (χ3v) is 4.50. The van der Waals surface area contributed by atoms with Crippen molar-refractivity contribution < 1.29 is 24.0 Å². The number of hydrogen-bond acceptors (Lipinski definition) is 6. The largest absolute Gasteiger partial charge is 0.496 e. The summed E-state index contributed by atoms with van der Waals surface area (Å²) in [6.07, 6.45) is 0.0877. The zero-order chi connectivity index (χ0) is 19.8. The van der Waals surface area contributed by atoms with E-state index >= 15 is 0 Å². The smallest absolute Gasteiger partial charge is 0.339 e. The fourth-order valence-electron chi connectivity index (χ4n) is 2.84. The van der Waals surface area contributed by atoms with Crippen LogP contribution < -0.4 is 10.1 Å². The second-order valence-electron chi connectivity index (χ2n) is 6.19. The third-order valence-electron chi connectivity index (χ3n) is 4.26. The SMILES string of the molecule is COc1ccc(NC(=O)C2(C)Cc3cc(Cl)ccc3C(=O)O2)c([N+](=O)[O-])c1. The Labute approximate surface area is 159 Å². The van der Waals surface area contributed by atoms with E-state index in [1.165, 1.54) is 38.3 Å². The molecule has 0 radical (unpaired) electrons. The lowest BCUT2D eigenvalue weighted by Crippen LogP contribution is -2.49. The van der Waals surface area contributed by atoms with Gasteiger partial charge in [0.2, 0.25) is 0 Å². The standard InChI is InChI=1S/C18H15ClN2O6/c1-18(9-10-7-11(19)3-5-13(10)16(22)27-18)17(23)20-14-6-4-12(26-2)8-15(14)21(24)25/h3-8H,9H2,1-2H3,(H,20,23). The van der Waals surface area contributed by atoms with Gasteiger partial charge in [0.1, 0.15) is 11.4 Å². The van der Waals surface area contributed by atoms with Crippen molar-refractivity contribution in [2.45, 2.75) is 18.9 Å². The monoisotopic (exact) mass is 390 g/mol. The van der Waals surface area contributed by atoms with Crippen molar-refractivity contribution in [3.8, 4) is 5.75 Å². The molecule has 1 aliphatic heterocycles. The highest BCUT2D eigenvalue weighted by atomic mass is 35.5. The predicted octanol–water partition coefficient (Wildman–Crippen LogP) is 3.37. The molecule has 0 aromatic heterocycles. The van der Waals surface area contributed by atoms with Gasteiger partial charge in [0, 0.05) is 11.4 Å². The Morgan fingerprint density at radius 1 is 1.33 bits per heavy atom. The topological polar surface area (TPSA) is 108 Å². The van der Waals surface area contributed by atoms with Crippen LogP contribution in [0.15, 0.2) is 36.4 Å². The summed E-state index contributed by atoms with van der Waals surface area (Å²) in [7, 11) is 1.38. The molecule has 9 heteroatoms. The minimum absolute atomic E-state index is 0.0278. The number of nitro benzene ring substituents is 1. The van der Waals surface area contributed by atoms with Crippen LogP contribution in [0.25, 0.3) is 0 Å². The highest BCUT2D eigenvalue weighted by molar-refractivity contribution is 6.30. The molecule has 1 heterocycles. The first-order chi connectivity index (χ1) is 12.7. The molecular weight excluding hydrogens is 376 g/mol. The molecule has 0 bridgehead atoms. The second-order valence-corrected chi connectivity index (χ2v) is 6.63. The maximum atomic E-state index is 12.8. The number of halogens is 1. The normalized spacial score (nSPS) is 18.3. The van der Waals surface area contributed by atoms with Gasteiger partial charge in [-0.05, 0) is 42.8 Å². The number of ether oxygens (including phenoxy) is 2. The summed E-state index contributed by atoms with van der Waals surface area (Å²) in [4.78, 5) is 35.7. The summed E-state index contributed by atoms with van der Waals surface area (Å²) in [5, 5.41) is 14.2. The molecule has 2 aromatic rings. The number of carbonyl (C=O) groups excluding carboxylic acids is 2. The van der Waals surface area contributed by atoms with Crippen LogP contribution in [-0.4, -0.2) is 29.5 Å². The van der Waals surface area contributed by atoms with E-state index in [1.54, 1.807) is 12.1 Å². The first kappa shape index (κ1) is 18.7. The van der Waals surface area contributed by atoms with Crippen LogP contribution in [0.5, 0.6) is 5.75 Å². The highest BCUT2D eigenvalue weighted by Crippen LogP contribution is 2.33. The number of hydrogen-bond donors (Lipinski definition) is 1. The maximum Gasteiger partial charge on any atom is 0.339 e. The van der Waals surface area contributed by atoms with Crippen LogP contribution in [0, 0.1) is 10.1 Å². The number of benzene rings is 2. The number of fused-ring (bicyclic) bond motifs is 1. The lowest BCUT2D eigenvalue weighted by Gasteiger charge is -2.33. The fraction of sp³-hybridized carbons (Fsp3) is 0.222. The van der Waals surface area contributed by atoms with Crippen LogP contribution in [0.1, 0.15) is 22.8 Å². The molecule has 27 heavy (non-hydrogen) atoms. The molecule has 1 N–H and O–H groups in total. The fourth-order valence-corrected chi connectivity index (χ4v) is 3.04. The van der Waals surface area contributed by atoms with Crippen LogP contribution in [-0.2, 0) is 16.0 Å². The van der Waals surface area contributed by atoms with Gasteiger partial charge in [0.05, 0.1) is 23.7 Å². The van der Waals surface area contributed by atoms with Crippen molar-refractivity contribution in [2.75, 3.05) is 12.4 Å². The number of carbonyl (C=O) groups is 2. The number of esters is 1. The summed E-state index contributed by atoms with van der Waals surface area (Å²) in [5.41, 5.74) is -1.000. The minimum Gasteiger partial charge on any atom is -0.496 e. The van der Waals surface area contributed by atoms with Crippen LogP contribution in [0.4, 0.5) is 11.4 Å². The van der Waals surface area contributed by atoms with Gasteiger partial charge < -0.3 is 14.8 Å². The minimum atomic E-state index is -1.54. The molecule has 1 unspecified atom stereocenters. The number of rotatable bonds is 4. The number of nitrogens with zero attached hydrogens (tertiary/aromatic N) is 1. The predicted molar refractivity (Wildman–Crippen MR) is 97.3 cm³/mol. The molecule has 0 saturated carbocycles. The Bertz CT molecular complexity index is 961. The molecule has 0 fully saturated rings. The van der Waals surface area contributed by atoms with E-state index in [4.69, 9.17) is 21.1 Å². The molecular formula is C18H15ClN2O6. The van der Waals surface area contributed by atoms with Crippen molar-refractivity contribution in [2.24, 2.45) is 0 Å². The van der Waals surface area contributed by atoms with Crippen molar-refractivity contribution in [1.82, 2.24) is 0 Å². The molecule has 0 saturated heterocycles. The van der Waals surface area contributed by atoms with Crippen LogP contribution in [0.2, 0.25) is 5.02 Å². The quantitative estimate of drug-likeness (QED) is 0.487. The van der Waals surface area contributed by atoms with Crippen LogP contribution >= 0.6 is 11.6 Å². The summed E-state index contributed by atoms with van der Waals surface area (Å²) in [6.45, 7) is 1.44. The summed E-state index contributed by atoms with van der Waals surface area (Å²) >= 11 is 5.97. The zero-order valence-electron chi connectivity index (χ0n) is 14.4. The molecule has 1 amide bonds. The number of nitrogens with one attached hydrogen (secondary N) is 1. The van der Waals surface area contributed by atoms with E-state index in [0.717, 1.165) is 0 Å². The van der Waals surface area contributed by atoms with Gasteiger partial charge >= 0.3 is 5.97 Å². The van der Waals surface area contributed by atoms with E-state index in [-0.39, 0.29) is 23.5 Å². The highest BCUT2D eigenvalue weighted by Gasteiger charge is 2.43. The molecule has 0 spiro atoms. The van der Waals surface area contributed by atoms with Gasteiger partial charge in [-0.2, -0.15) is 0 Å². The van der Waals surface area contributed by atoms with E-state index in [2.05, 4.69) is 5.32 Å². The third kappa shape index (κ3) is 3.56. The summed E-state index contributed by atoms with van der Waals surface area (Å²) in [6, 6.07) is 8.72. The molecule has 8 nitrogen and oxygen atoms in total. The van der Waals surface area contributed by atoms with Gasteiger partial charge in [-0.1, -0.05) is 11.6 Å². The number of cyclic esters (lactones) is 1. The van der Waals surface area contributed by atoms with Gasteiger partial charge in [-0.25, -0.2) is 4.79 Å². The van der Waals surface area contributed by atoms with Crippen molar-refractivity contribution in [3.63, 3.8) is 0 Å². The van der Waals surface area contributed by atoms with E-state index < -0.39 is 22.4 Å². The summed E-state index contributed by atoms with van der Waals surface area (Å²) < 4.78 is 10.3. The Kier molecular flexibility index (Phi) is 4.75. The Morgan fingerprint density at radius 3 is 2.74 bits per heavy atom. The Hall–Kier alpha value is -3.13. The first-order valence-electron chi connectivity index (χ1n) is 7.89. The summed E-state index contributed by atoms with van der Waals surface area (Å²) in [5.74, 6) is -1.07. The van der Waals surface area contributed by atoms with Gasteiger partial charge in [-0.15, -0.1) is 0 Å². The molecule has 0 aliphatic carbocycles. The average molecular weight is 391 g/mol. The number of anilines is 1. The maximum absolute atomic E-state index is 12.8. The number of nitro groups is 1. The van der Waals surface area contributed by atoms with E-state index in [9.17, 15) is 19.7 Å². The van der Waals surface area contributed by atoms with Crippen molar-refractivity contribution in [3.05, 3.63) is 62.7 Å². The molecule has 140 valence electrons. The number of amides is 1. The van der Waals surface area contributed by atoms with Crippen LogP contribution in [0.3, 0.4) is 0 Å². The lowest BCUT2D eigenvalue weighted by molar-refractivity contribution is -0.384. The van der Waals surface area contributed by atoms with E-state index in [0.29, 0.717) is 16.1 Å². The molecule has 2 aromatic carbocycles. The average Bonchev–Trinajstić information content (AvgIpc) is 2.61. The molecule has 1 atom stereocenters. The lowest BCUT2D eigenvalue weighted by atomic mass is 9.89. The second kappa shape index (κ2) is 6.88. The number of methoxy groups -OCH3 is 1. The molecule has 1 aliphatic rings. The van der Waals surface area contributed by atoms with Gasteiger partial charge in [0.15, 0.2) is 5.60 Å². The first-order valence-corrected chi connectivity index (χ1v) is 8.27. The Balaban J connectivity index is 1.91. The van der Waals surface area contributed by atoms with E-state index in [1.807, 2.05) is 0 Å². The van der Waals surface area contributed by atoms with Crippen molar-refractivity contribution in [1.29, 1.82) is 0 Å². The Morgan fingerprint density at radius 2 is 2.07 bits per heavy atom. The zero-order valence-corrected chi connectivity index (χ0v) is 15.2. The van der Waals surface area contributed by atoms with Gasteiger partial charge in [0.25, 0.3) is 11.6 Å². The van der Waals surface area contributed by atoms with Gasteiger partial charge in [-0.3, -0.25) is 14.9 Å².